The first-order valence-corrected chi connectivity index (χ1v) is 11.6. The monoisotopic (exact) mass is 488 g/mol. The van der Waals surface area contributed by atoms with E-state index in [4.69, 9.17) is 35.9 Å². The molecular weight excluding hydrogens is 456 g/mol. The minimum Gasteiger partial charge on any atom is -0.493 e. The molecule has 2 aromatic carbocycles. The first-order valence-electron chi connectivity index (χ1n) is 11.2. The van der Waals surface area contributed by atoms with E-state index < -0.39 is 0 Å². The van der Waals surface area contributed by atoms with E-state index in [1.807, 2.05) is 17.0 Å². The van der Waals surface area contributed by atoms with E-state index in [1.54, 1.807) is 52.5 Å². The summed E-state index contributed by atoms with van der Waals surface area (Å²) in [6.07, 6.45) is 2.11. The Bertz CT molecular complexity index is 976. The van der Waals surface area contributed by atoms with E-state index in [0.29, 0.717) is 47.6 Å². The Morgan fingerprint density at radius 1 is 1.09 bits per heavy atom. The Morgan fingerprint density at radius 3 is 2.41 bits per heavy atom. The van der Waals surface area contributed by atoms with Crippen LogP contribution in [0.4, 0.5) is 5.69 Å². The minimum atomic E-state index is -0.350. The first-order chi connectivity index (χ1) is 16.5. The average molecular weight is 489 g/mol. The number of ether oxygens (including phenoxy) is 5. The normalized spacial score (nSPS) is 14.9. The maximum absolute atomic E-state index is 11.9. The fraction of sp³-hybridized carbons (Fsp3) is 0.440. The Kier molecular flexibility index (Phi) is 9.35. The van der Waals surface area contributed by atoms with Crippen molar-refractivity contribution in [3.05, 3.63) is 47.5 Å². The molecule has 8 nitrogen and oxygen atoms in total. The van der Waals surface area contributed by atoms with E-state index in [1.165, 1.54) is 0 Å². The van der Waals surface area contributed by atoms with Crippen LogP contribution in [0.3, 0.4) is 0 Å². The number of methoxy groups -OCH3 is 3. The molecule has 1 N–H and O–H groups in total. The van der Waals surface area contributed by atoms with Crippen molar-refractivity contribution in [2.45, 2.75) is 32.4 Å². The summed E-state index contributed by atoms with van der Waals surface area (Å²) in [6, 6.07) is 10.8. The van der Waals surface area contributed by atoms with Gasteiger partial charge < -0.3 is 33.9 Å². The summed E-state index contributed by atoms with van der Waals surface area (Å²) in [5.74, 6) is 1.38. The molecule has 1 aliphatic rings. The van der Waals surface area contributed by atoms with Crippen molar-refractivity contribution in [3.63, 3.8) is 0 Å². The van der Waals surface area contributed by atoms with Crippen LogP contribution >= 0.6 is 12.2 Å². The van der Waals surface area contributed by atoms with Crippen molar-refractivity contribution in [2.24, 2.45) is 0 Å². The molecule has 34 heavy (non-hydrogen) atoms. The molecule has 3 rings (SSSR count). The van der Waals surface area contributed by atoms with Crippen molar-refractivity contribution >= 4 is 29.0 Å². The fourth-order valence-corrected chi connectivity index (χ4v) is 4.11. The van der Waals surface area contributed by atoms with Gasteiger partial charge >= 0.3 is 5.97 Å². The van der Waals surface area contributed by atoms with Gasteiger partial charge in [0, 0.05) is 30.9 Å². The average Bonchev–Trinajstić information content (AvgIpc) is 3.36. The highest BCUT2D eigenvalue weighted by molar-refractivity contribution is 7.80. The molecule has 0 spiro atoms. The second kappa shape index (κ2) is 12.4. The number of carbonyl (C=O) groups excluding carboxylic acids is 1. The number of carbonyl (C=O) groups is 1. The molecule has 2 aromatic rings. The molecule has 184 valence electrons. The van der Waals surface area contributed by atoms with Gasteiger partial charge in [-0.2, -0.15) is 0 Å². The number of rotatable bonds is 10. The van der Waals surface area contributed by atoms with Gasteiger partial charge in [0.1, 0.15) is 0 Å². The number of anilines is 1. The third-order valence-electron chi connectivity index (χ3n) is 5.53. The SMILES string of the molecule is CCOC(=O)c1ccc(NC(=S)N(Cc2ccc(OC)c(OC)c2OC)C[C@@H]2CCCO2)cc1. The number of nitrogens with one attached hydrogen (secondary N) is 1. The summed E-state index contributed by atoms with van der Waals surface area (Å²) < 4.78 is 27.5. The zero-order valence-electron chi connectivity index (χ0n) is 20.1. The Labute approximate surface area is 206 Å². The summed E-state index contributed by atoms with van der Waals surface area (Å²) in [5.41, 5.74) is 2.17. The van der Waals surface area contributed by atoms with Gasteiger partial charge in [0.15, 0.2) is 16.6 Å². The van der Waals surface area contributed by atoms with Crippen molar-refractivity contribution in [1.29, 1.82) is 0 Å². The zero-order chi connectivity index (χ0) is 24.5. The predicted octanol–water partition coefficient (Wildman–Crippen LogP) is 4.27. The highest BCUT2D eigenvalue weighted by Gasteiger charge is 2.24. The Hall–Kier alpha value is -3.04. The molecule has 0 aromatic heterocycles. The van der Waals surface area contributed by atoms with Crippen molar-refractivity contribution in [2.75, 3.05) is 46.4 Å². The third-order valence-corrected chi connectivity index (χ3v) is 5.89. The van der Waals surface area contributed by atoms with Crippen molar-refractivity contribution < 1.29 is 28.5 Å². The molecule has 0 unspecified atom stereocenters. The number of hydrogen-bond acceptors (Lipinski definition) is 7. The summed E-state index contributed by atoms with van der Waals surface area (Å²) >= 11 is 5.78. The van der Waals surface area contributed by atoms with Crippen LogP contribution in [0.2, 0.25) is 0 Å². The molecule has 0 radical (unpaired) electrons. The summed E-state index contributed by atoms with van der Waals surface area (Å²) in [7, 11) is 4.78. The standard InChI is InChI=1S/C25H32N2O6S/c1-5-32-24(28)17-8-11-19(12-9-17)26-25(34)27(16-20-7-6-14-33-20)15-18-10-13-21(29-2)23(31-4)22(18)30-3/h8-13,20H,5-7,14-16H2,1-4H3,(H,26,34)/t20-/m0/s1. The van der Waals surface area contributed by atoms with Gasteiger partial charge in [0.2, 0.25) is 5.75 Å². The zero-order valence-corrected chi connectivity index (χ0v) is 20.9. The quantitative estimate of drug-likeness (QED) is 0.390. The van der Waals surface area contributed by atoms with Gasteiger partial charge in [-0.3, -0.25) is 0 Å². The number of esters is 1. The van der Waals surface area contributed by atoms with Gasteiger partial charge in [0.05, 0.1) is 39.6 Å². The van der Waals surface area contributed by atoms with Crippen LogP contribution in [0.5, 0.6) is 17.2 Å². The van der Waals surface area contributed by atoms with Crippen molar-refractivity contribution in [3.8, 4) is 17.2 Å². The van der Waals surface area contributed by atoms with E-state index in [9.17, 15) is 4.79 Å². The van der Waals surface area contributed by atoms with Crippen LogP contribution in [0.15, 0.2) is 36.4 Å². The van der Waals surface area contributed by atoms with E-state index in [2.05, 4.69) is 5.32 Å². The van der Waals surface area contributed by atoms with Crippen LogP contribution in [-0.4, -0.2) is 63.2 Å². The highest BCUT2D eigenvalue weighted by Crippen LogP contribution is 2.40. The molecule has 0 saturated carbocycles. The number of nitrogens with zero attached hydrogens (tertiary/aromatic N) is 1. The van der Waals surface area contributed by atoms with E-state index in [0.717, 1.165) is 30.7 Å². The molecule has 0 aliphatic carbocycles. The van der Waals surface area contributed by atoms with Crippen LogP contribution in [0.25, 0.3) is 0 Å². The maximum atomic E-state index is 11.9. The van der Waals surface area contributed by atoms with Crippen LogP contribution < -0.4 is 19.5 Å². The Balaban J connectivity index is 1.81. The van der Waals surface area contributed by atoms with Crippen LogP contribution in [0.1, 0.15) is 35.7 Å². The first kappa shape index (κ1) is 25.6. The third kappa shape index (κ3) is 6.30. The maximum Gasteiger partial charge on any atom is 0.338 e. The number of benzene rings is 2. The van der Waals surface area contributed by atoms with E-state index in [-0.39, 0.29) is 12.1 Å². The summed E-state index contributed by atoms with van der Waals surface area (Å²) in [4.78, 5) is 14.0. The fourth-order valence-electron chi connectivity index (χ4n) is 3.85. The van der Waals surface area contributed by atoms with Gasteiger partial charge in [-0.15, -0.1) is 0 Å². The lowest BCUT2D eigenvalue weighted by Crippen LogP contribution is -2.39. The number of thiocarbonyl (C=S) groups is 1. The molecule has 0 bridgehead atoms. The van der Waals surface area contributed by atoms with Gasteiger partial charge in [-0.25, -0.2) is 4.79 Å². The minimum absolute atomic E-state index is 0.0945. The molecule has 1 aliphatic heterocycles. The number of hydrogen-bond donors (Lipinski definition) is 1. The largest absolute Gasteiger partial charge is 0.493 e. The highest BCUT2D eigenvalue weighted by atomic mass is 32.1. The lowest BCUT2D eigenvalue weighted by molar-refractivity contribution is 0.0526. The molecule has 1 heterocycles. The summed E-state index contributed by atoms with van der Waals surface area (Å²) in [5, 5.41) is 3.81. The molecular formula is C25H32N2O6S. The molecule has 1 saturated heterocycles. The molecule has 1 atom stereocenters. The lowest BCUT2D eigenvalue weighted by Gasteiger charge is -2.29. The lowest BCUT2D eigenvalue weighted by atomic mass is 10.1. The predicted molar refractivity (Wildman–Crippen MR) is 134 cm³/mol. The van der Waals surface area contributed by atoms with E-state index >= 15 is 0 Å². The Morgan fingerprint density at radius 2 is 1.82 bits per heavy atom. The topological polar surface area (TPSA) is 78.5 Å². The second-order valence-corrected chi connectivity index (χ2v) is 8.12. The second-order valence-electron chi connectivity index (χ2n) is 7.74. The molecule has 1 fully saturated rings. The van der Waals surface area contributed by atoms with Gasteiger partial charge in [-0.1, -0.05) is 0 Å². The van der Waals surface area contributed by atoms with Gasteiger partial charge in [-0.05, 0) is 68.4 Å². The van der Waals surface area contributed by atoms with Crippen LogP contribution in [0, 0.1) is 0 Å². The van der Waals surface area contributed by atoms with Crippen LogP contribution in [-0.2, 0) is 16.0 Å². The smallest absolute Gasteiger partial charge is 0.338 e. The summed E-state index contributed by atoms with van der Waals surface area (Å²) in [6.45, 7) is 3.98. The molecule has 9 heteroatoms. The molecule has 0 amide bonds. The van der Waals surface area contributed by atoms with Crippen molar-refractivity contribution in [1.82, 2.24) is 4.90 Å². The van der Waals surface area contributed by atoms with Gasteiger partial charge in [0.25, 0.3) is 0 Å².